The number of benzene rings is 1. The van der Waals surface area contributed by atoms with E-state index in [9.17, 15) is 13.2 Å². The van der Waals surface area contributed by atoms with E-state index in [1.54, 1.807) is 24.3 Å². The van der Waals surface area contributed by atoms with Crippen LogP contribution in [0.25, 0.3) is 0 Å². The van der Waals surface area contributed by atoms with Gasteiger partial charge in [0.2, 0.25) is 0 Å². The average molecular weight is 335 g/mol. The van der Waals surface area contributed by atoms with E-state index in [2.05, 4.69) is 12.2 Å². The lowest BCUT2D eigenvalue weighted by Crippen LogP contribution is -2.26. The van der Waals surface area contributed by atoms with Gasteiger partial charge in [-0.05, 0) is 54.5 Å². The fourth-order valence-electron chi connectivity index (χ4n) is 2.58. The van der Waals surface area contributed by atoms with E-state index in [4.69, 9.17) is 0 Å². The van der Waals surface area contributed by atoms with Gasteiger partial charge in [-0.3, -0.25) is 0 Å². The molecule has 2 rings (SSSR count). The molecule has 1 aromatic rings. The molecule has 1 nitrogen and oxygen atoms in total. The van der Waals surface area contributed by atoms with E-state index in [1.807, 2.05) is 11.8 Å². The lowest BCUT2D eigenvalue weighted by atomic mass is 10.2. The third-order valence-corrected chi connectivity index (χ3v) is 5.51. The molecule has 0 heterocycles. The molecule has 1 saturated carbocycles. The molecule has 118 valence electrons. The van der Waals surface area contributed by atoms with Crippen LogP contribution < -0.4 is 5.32 Å². The third-order valence-electron chi connectivity index (χ3n) is 3.54. The molecule has 1 N–H and O–H groups in total. The summed E-state index contributed by atoms with van der Waals surface area (Å²) in [4.78, 5) is 0.242. The summed E-state index contributed by atoms with van der Waals surface area (Å²) in [5.41, 5.74) is -3.18. The topological polar surface area (TPSA) is 12.0 Å². The largest absolute Gasteiger partial charge is 0.446 e. The van der Waals surface area contributed by atoms with Crippen molar-refractivity contribution in [1.82, 2.24) is 5.32 Å². The zero-order valence-corrected chi connectivity index (χ0v) is 13.6. The summed E-state index contributed by atoms with van der Waals surface area (Å²) in [5.74, 6) is 1.16. The lowest BCUT2D eigenvalue weighted by molar-refractivity contribution is -0.0328. The number of nitrogens with one attached hydrogen (secondary N) is 1. The summed E-state index contributed by atoms with van der Waals surface area (Å²) in [6.07, 6.45) is 3.65. The first-order valence-electron chi connectivity index (χ1n) is 7.16. The Morgan fingerprint density at radius 1 is 1.19 bits per heavy atom. The SMILES string of the molecule is CCSC1CCC(NCc2ccc(SC(F)(F)F)cc2)C1. The van der Waals surface area contributed by atoms with Crippen LogP contribution in [-0.2, 0) is 6.54 Å². The molecule has 21 heavy (non-hydrogen) atoms. The van der Waals surface area contributed by atoms with Gasteiger partial charge >= 0.3 is 5.51 Å². The Kier molecular flexibility index (Phi) is 6.32. The van der Waals surface area contributed by atoms with Crippen molar-refractivity contribution in [3.05, 3.63) is 29.8 Å². The molecule has 1 aliphatic carbocycles. The molecule has 1 aromatic carbocycles. The normalized spacial score (nSPS) is 22.7. The Labute approximate surface area is 132 Å². The maximum Gasteiger partial charge on any atom is 0.446 e. The van der Waals surface area contributed by atoms with E-state index in [-0.39, 0.29) is 16.7 Å². The number of thioether (sulfide) groups is 2. The molecule has 1 fully saturated rings. The Morgan fingerprint density at radius 2 is 1.90 bits per heavy atom. The number of halogens is 3. The van der Waals surface area contributed by atoms with Crippen molar-refractivity contribution in [2.24, 2.45) is 0 Å². The lowest BCUT2D eigenvalue weighted by Gasteiger charge is -2.13. The third kappa shape index (κ3) is 6.12. The van der Waals surface area contributed by atoms with Crippen LogP contribution in [0.2, 0.25) is 0 Å². The van der Waals surface area contributed by atoms with Crippen molar-refractivity contribution in [2.75, 3.05) is 5.75 Å². The molecule has 2 atom stereocenters. The number of hydrogen-bond donors (Lipinski definition) is 1. The maximum absolute atomic E-state index is 12.2. The highest BCUT2D eigenvalue weighted by molar-refractivity contribution is 8.00. The summed E-state index contributed by atoms with van der Waals surface area (Å²) in [7, 11) is 0. The highest BCUT2D eigenvalue weighted by Gasteiger charge is 2.29. The summed E-state index contributed by atoms with van der Waals surface area (Å²) < 4.78 is 36.7. The van der Waals surface area contributed by atoms with Crippen LogP contribution in [0.3, 0.4) is 0 Å². The fourth-order valence-corrected chi connectivity index (χ4v) is 4.27. The Hall–Kier alpha value is -0.330. The highest BCUT2D eigenvalue weighted by atomic mass is 32.2. The van der Waals surface area contributed by atoms with E-state index in [0.29, 0.717) is 6.04 Å². The van der Waals surface area contributed by atoms with Gasteiger partial charge in [0, 0.05) is 22.7 Å². The second kappa shape index (κ2) is 7.79. The Balaban J connectivity index is 1.76. The molecule has 0 radical (unpaired) electrons. The van der Waals surface area contributed by atoms with Gasteiger partial charge in [0.1, 0.15) is 0 Å². The Bertz CT molecular complexity index is 434. The summed E-state index contributed by atoms with van der Waals surface area (Å²) >= 11 is 1.96. The molecule has 0 spiro atoms. The van der Waals surface area contributed by atoms with E-state index < -0.39 is 5.51 Å². The van der Waals surface area contributed by atoms with Crippen molar-refractivity contribution in [3.8, 4) is 0 Å². The minimum atomic E-state index is -4.21. The second-order valence-corrected chi connectivity index (χ2v) is 7.88. The van der Waals surface area contributed by atoms with Gasteiger partial charge in [-0.2, -0.15) is 24.9 Å². The standard InChI is InChI=1S/C15H20F3NS2/c1-2-20-14-8-5-12(9-14)19-10-11-3-6-13(7-4-11)21-15(16,17)18/h3-4,6-7,12,14,19H,2,5,8-10H2,1H3. The zero-order chi connectivity index (χ0) is 15.3. The van der Waals surface area contributed by atoms with E-state index >= 15 is 0 Å². The van der Waals surface area contributed by atoms with Crippen LogP contribution in [0.15, 0.2) is 29.2 Å². The number of alkyl halides is 3. The molecular formula is C15H20F3NS2. The summed E-state index contributed by atoms with van der Waals surface area (Å²) in [5, 5.41) is 4.27. The zero-order valence-electron chi connectivity index (χ0n) is 12.0. The molecule has 0 saturated heterocycles. The summed E-state index contributed by atoms with van der Waals surface area (Å²) in [6, 6.07) is 7.17. The van der Waals surface area contributed by atoms with Crippen molar-refractivity contribution in [1.29, 1.82) is 0 Å². The molecule has 0 aliphatic heterocycles. The van der Waals surface area contributed by atoms with Crippen LogP contribution >= 0.6 is 23.5 Å². The van der Waals surface area contributed by atoms with Crippen molar-refractivity contribution in [3.63, 3.8) is 0 Å². The van der Waals surface area contributed by atoms with Crippen molar-refractivity contribution >= 4 is 23.5 Å². The summed E-state index contributed by atoms with van der Waals surface area (Å²) in [6.45, 7) is 2.91. The highest BCUT2D eigenvalue weighted by Crippen LogP contribution is 2.36. The average Bonchev–Trinajstić information content (AvgIpc) is 2.84. The quantitative estimate of drug-likeness (QED) is 0.730. The number of hydrogen-bond acceptors (Lipinski definition) is 3. The fraction of sp³-hybridized carbons (Fsp3) is 0.600. The monoisotopic (exact) mass is 335 g/mol. The van der Waals surface area contributed by atoms with E-state index in [1.165, 1.54) is 19.3 Å². The predicted octanol–water partition coefficient (Wildman–Crippen LogP) is 5.06. The van der Waals surface area contributed by atoms with Crippen LogP contribution in [0.1, 0.15) is 31.7 Å². The van der Waals surface area contributed by atoms with E-state index in [0.717, 1.165) is 23.1 Å². The molecule has 0 bridgehead atoms. The smallest absolute Gasteiger partial charge is 0.310 e. The van der Waals surface area contributed by atoms with Crippen LogP contribution in [0.4, 0.5) is 13.2 Å². The van der Waals surface area contributed by atoms with Crippen LogP contribution in [-0.4, -0.2) is 22.6 Å². The van der Waals surface area contributed by atoms with Gasteiger partial charge in [0.25, 0.3) is 0 Å². The molecule has 6 heteroatoms. The first-order valence-corrected chi connectivity index (χ1v) is 9.02. The minimum absolute atomic E-state index is 0.0646. The van der Waals surface area contributed by atoms with Crippen molar-refractivity contribution < 1.29 is 13.2 Å². The van der Waals surface area contributed by atoms with Gasteiger partial charge in [-0.25, -0.2) is 0 Å². The van der Waals surface area contributed by atoms with Gasteiger partial charge in [-0.1, -0.05) is 19.1 Å². The van der Waals surface area contributed by atoms with Crippen molar-refractivity contribution in [2.45, 2.75) is 54.4 Å². The molecular weight excluding hydrogens is 315 g/mol. The van der Waals surface area contributed by atoms with Gasteiger partial charge in [0.15, 0.2) is 0 Å². The molecule has 0 aromatic heterocycles. The van der Waals surface area contributed by atoms with Crippen LogP contribution in [0.5, 0.6) is 0 Å². The van der Waals surface area contributed by atoms with Gasteiger partial charge in [0.05, 0.1) is 0 Å². The Morgan fingerprint density at radius 3 is 2.52 bits per heavy atom. The predicted molar refractivity (Wildman–Crippen MR) is 84.8 cm³/mol. The maximum atomic E-state index is 12.2. The second-order valence-electron chi connectivity index (χ2n) is 5.16. The molecule has 2 unspecified atom stereocenters. The van der Waals surface area contributed by atoms with Gasteiger partial charge < -0.3 is 5.32 Å². The minimum Gasteiger partial charge on any atom is -0.310 e. The molecule has 1 aliphatic rings. The first-order chi connectivity index (χ1) is 9.96. The number of rotatable bonds is 6. The van der Waals surface area contributed by atoms with Crippen LogP contribution in [0, 0.1) is 0 Å². The van der Waals surface area contributed by atoms with Gasteiger partial charge in [-0.15, -0.1) is 0 Å². The molecule has 0 amide bonds. The first kappa shape index (κ1) is 17.0.